The zero-order valence-electron chi connectivity index (χ0n) is 18.1. The van der Waals surface area contributed by atoms with Gasteiger partial charge in [-0.15, -0.1) is 24.0 Å². The Hall–Kier alpha value is -1.39. The predicted octanol–water partition coefficient (Wildman–Crippen LogP) is 2.63. The van der Waals surface area contributed by atoms with Crippen molar-refractivity contribution in [3.63, 3.8) is 0 Å². The summed E-state index contributed by atoms with van der Waals surface area (Å²) in [5.41, 5.74) is 2.37. The number of carbonyl (C=O) groups is 1. The van der Waals surface area contributed by atoms with E-state index in [1.165, 1.54) is 11.1 Å². The average molecular weight is 530 g/mol. The molecular formula is C22H35IN4O3. The van der Waals surface area contributed by atoms with Gasteiger partial charge in [-0.1, -0.05) is 24.3 Å². The molecule has 1 amide bonds. The van der Waals surface area contributed by atoms with Crippen LogP contribution in [0, 0.1) is 0 Å². The molecule has 2 saturated heterocycles. The van der Waals surface area contributed by atoms with Gasteiger partial charge in [0.2, 0.25) is 0 Å². The summed E-state index contributed by atoms with van der Waals surface area (Å²) in [6.45, 7) is 10.5. The minimum absolute atomic E-state index is 0. The topological polar surface area (TPSA) is 66.4 Å². The Bertz CT molecular complexity index is 687. The molecule has 30 heavy (non-hydrogen) atoms. The molecule has 0 aromatic heterocycles. The lowest BCUT2D eigenvalue weighted by Crippen LogP contribution is -2.55. The van der Waals surface area contributed by atoms with Gasteiger partial charge >= 0.3 is 0 Å². The zero-order valence-corrected chi connectivity index (χ0v) is 20.5. The largest absolute Gasteiger partial charge is 0.377 e. The summed E-state index contributed by atoms with van der Waals surface area (Å²) in [4.78, 5) is 21.6. The first kappa shape index (κ1) is 24.9. The first-order valence-electron chi connectivity index (χ1n) is 10.8. The standard InChI is InChI=1S/C22H34N4O3.HI/c1-3-23-22(24-16-18-8-5-6-9-19(18)17-28-4-2)26-13-11-25(12-14-26)21(27)20-10-7-15-29-20;/h5-6,8-9,20H,3-4,7,10-17H2,1-2H3,(H,23,24);1H. The number of hydrogen-bond donors (Lipinski definition) is 1. The van der Waals surface area contributed by atoms with E-state index in [0.717, 1.165) is 38.4 Å². The van der Waals surface area contributed by atoms with Gasteiger partial charge in [-0.25, -0.2) is 4.99 Å². The van der Waals surface area contributed by atoms with Crippen molar-refractivity contribution >= 4 is 35.8 Å². The molecule has 2 aliphatic heterocycles. The zero-order chi connectivity index (χ0) is 20.5. The van der Waals surface area contributed by atoms with Gasteiger partial charge in [-0.05, 0) is 37.8 Å². The van der Waals surface area contributed by atoms with Crippen LogP contribution in [0.4, 0.5) is 0 Å². The highest BCUT2D eigenvalue weighted by molar-refractivity contribution is 14.0. The molecule has 0 radical (unpaired) electrons. The second-order valence-corrected chi connectivity index (χ2v) is 7.39. The summed E-state index contributed by atoms with van der Waals surface area (Å²) >= 11 is 0. The fraction of sp³-hybridized carbons (Fsp3) is 0.636. The molecule has 1 atom stereocenters. The minimum Gasteiger partial charge on any atom is -0.377 e. The number of carbonyl (C=O) groups excluding carboxylic acids is 1. The van der Waals surface area contributed by atoms with Gasteiger partial charge < -0.3 is 24.6 Å². The normalized spacial score (nSPS) is 19.5. The van der Waals surface area contributed by atoms with E-state index in [9.17, 15) is 4.79 Å². The van der Waals surface area contributed by atoms with Gasteiger partial charge in [0.15, 0.2) is 5.96 Å². The molecule has 3 rings (SSSR count). The number of hydrogen-bond acceptors (Lipinski definition) is 4. The van der Waals surface area contributed by atoms with Crippen LogP contribution < -0.4 is 5.32 Å². The van der Waals surface area contributed by atoms with Gasteiger partial charge in [0, 0.05) is 45.9 Å². The maximum atomic E-state index is 12.6. The maximum absolute atomic E-state index is 12.6. The fourth-order valence-corrected chi connectivity index (χ4v) is 3.77. The van der Waals surface area contributed by atoms with Crippen LogP contribution in [0.2, 0.25) is 0 Å². The van der Waals surface area contributed by atoms with E-state index >= 15 is 0 Å². The molecule has 1 aromatic carbocycles. The second kappa shape index (κ2) is 13.1. The molecule has 2 heterocycles. The van der Waals surface area contributed by atoms with E-state index in [0.29, 0.717) is 39.5 Å². The molecular weight excluding hydrogens is 495 g/mol. The van der Waals surface area contributed by atoms with E-state index in [-0.39, 0.29) is 36.0 Å². The van der Waals surface area contributed by atoms with Crippen LogP contribution in [0.3, 0.4) is 0 Å². The summed E-state index contributed by atoms with van der Waals surface area (Å²) in [5, 5.41) is 3.40. The van der Waals surface area contributed by atoms with Crippen LogP contribution in [0.25, 0.3) is 0 Å². The number of aliphatic imine (C=N–C) groups is 1. The summed E-state index contributed by atoms with van der Waals surface area (Å²) in [7, 11) is 0. The smallest absolute Gasteiger partial charge is 0.251 e. The highest BCUT2D eigenvalue weighted by Crippen LogP contribution is 2.16. The lowest BCUT2D eigenvalue weighted by Gasteiger charge is -2.37. The Labute approximate surface area is 197 Å². The molecule has 168 valence electrons. The van der Waals surface area contributed by atoms with Crippen molar-refractivity contribution in [1.82, 2.24) is 15.1 Å². The lowest BCUT2D eigenvalue weighted by molar-refractivity contribution is -0.142. The van der Waals surface area contributed by atoms with Crippen molar-refractivity contribution in [1.29, 1.82) is 0 Å². The summed E-state index contributed by atoms with van der Waals surface area (Å²) in [5.74, 6) is 1.05. The number of halogens is 1. The Kier molecular flexibility index (Phi) is 10.9. The Morgan fingerprint density at radius 3 is 2.50 bits per heavy atom. The van der Waals surface area contributed by atoms with E-state index in [1.54, 1.807) is 0 Å². The average Bonchev–Trinajstić information content (AvgIpc) is 3.30. The molecule has 8 heteroatoms. The molecule has 1 aromatic rings. The van der Waals surface area contributed by atoms with Gasteiger partial charge in [-0.3, -0.25) is 4.79 Å². The van der Waals surface area contributed by atoms with Crippen LogP contribution >= 0.6 is 24.0 Å². The van der Waals surface area contributed by atoms with Crippen molar-refractivity contribution < 1.29 is 14.3 Å². The molecule has 7 nitrogen and oxygen atoms in total. The fourth-order valence-electron chi connectivity index (χ4n) is 3.77. The van der Waals surface area contributed by atoms with Gasteiger partial charge in [0.05, 0.1) is 13.2 Å². The van der Waals surface area contributed by atoms with Crippen molar-refractivity contribution in [2.45, 2.75) is 45.9 Å². The third kappa shape index (κ3) is 6.81. The first-order valence-corrected chi connectivity index (χ1v) is 10.8. The van der Waals surface area contributed by atoms with Gasteiger partial charge in [0.1, 0.15) is 6.10 Å². The second-order valence-electron chi connectivity index (χ2n) is 7.39. The van der Waals surface area contributed by atoms with Crippen molar-refractivity contribution in [2.24, 2.45) is 4.99 Å². The molecule has 2 aliphatic rings. The Morgan fingerprint density at radius 1 is 1.17 bits per heavy atom. The van der Waals surface area contributed by atoms with Gasteiger partial charge in [0.25, 0.3) is 5.91 Å². The third-order valence-electron chi connectivity index (χ3n) is 5.41. The number of amides is 1. The van der Waals surface area contributed by atoms with E-state index in [1.807, 2.05) is 24.0 Å². The van der Waals surface area contributed by atoms with Crippen LogP contribution in [-0.2, 0) is 27.4 Å². The number of nitrogens with zero attached hydrogens (tertiary/aromatic N) is 3. The number of rotatable bonds is 7. The van der Waals surface area contributed by atoms with Crippen molar-refractivity contribution in [3.8, 4) is 0 Å². The summed E-state index contributed by atoms with van der Waals surface area (Å²) in [6, 6.07) is 8.29. The van der Waals surface area contributed by atoms with E-state index in [2.05, 4.69) is 29.3 Å². The highest BCUT2D eigenvalue weighted by Gasteiger charge is 2.30. The molecule has 0 bridgehead atoms. The summed E-state index contributed by atoms with van der Waals surface area (Å²) < 4.78 is 11.1. The molecule has 1 unspecified atom stereocenters. The Balaban J connectivity index is 0.00000320. The van der Waals surface area contributed by atoms with Crippen LogP contribution in [0.15, 0.2) is 29.3 Å². The minimum atomic E-state index is -0.231. The molecule has 1 N–H and O–H groups in total. The SMILES string of the molecule is CCNC(=NCc1ccccc1COCC)N1CCN(C(=O)C2CCCO2)CC1.I. The van der Waals surface area contributed by atoms with Gasteiger partial charge in [-0.2, -0.15) is 0 Å². The maximum Gasteiger partial charge on any atom is 0.251 e. The quantitative estimate of drug-likeness (QED) is 0.334. The van der Waals surface area contributed by atoms with E-state index in [4.69, 9.17) is 14.5 Å². The predicted molar refractivity (Wildman–Crippen MR) is 129 cm³/mol. The Morgan fingerprint density at radius 2 is 1.87 bits per heavy atom. The highest BCUT2D eigenvalue weighted by atomic mass is 127. The number of guanidine groups is 1. The van der Waals surface area contributed by atoms with Crippen LogP contribution in [0.5, 0.6) is 0 Å². The number of ether oxygens (including phenoxy) is 2. The van der Waals surface area contributed by atoms with Crippen molar-refractivity contribution in [2.75, 3.05) is 45.9 Å². The van der Waals surface area contributed by atoms with Crippen LogP contribution in [0.1, 0.15) is 37.8 Å². The van der Waals surface area contributed by atoms with Crippen molar-refractivity contribution in [3.05, 3.63) is 35.4 Å². The van der Waals surface area contributed by atoms with Crippen LogP contribution in [-0.4, -0.2) is 73.7 Å². The third-order valence-corrected chi connectivity index (χ3v) is 5.41. The van der Waals surface area contributed by atoms with E-state index < -0.39 is 0 Å². The molecule has 0 saturated carbocycles. The number of benzene rings is 1. The number of piperazine rings is 1. The molecule has 0 aliphatic carbocycles. The molecule has 2 fully saturated rings. The molecule has 0 spiro atoms. The number of nitrogens with one attached hydrogen (secondary N) is 1. The lowest BCUT2D eigenvalue weighted by atomic mass is 10.1. The first-order chi connectivity index (χ1) is 14.2. The summed E-state index contributed by atoms with van der Waals surface area (Å²) in [6.07, 6.45) is 1.60. The monoisotopic (exact) mass is 530 g/mol.